The summed E-state index contributed by atoms with van der Waals surface area (Å²) in [4.78, 5) is 16.0. The number of rotatable bonds is 4. The first-order chi connectivity index (χ1) is 8.70. The zero-order valence-corrected chi connectivity index (χ0v) is 10.8. The molecule has 1 aromatic heterocycles. The Morgan fingerprint density at radius 3 is 3.11 bits per heavy atom. The molecule has 0 aromatic carbocycles. The van der Waals surface area contributed by atoms with E-state index in [0.717, 1.165) is 18.7 Å². The van der Waals surface area contributed by atoms with Crippen LogP contribution in [0.2, 0.25) is 0 Å². The molecule has 0 radical (unpaired) electrons. The number of ether oxygens (including phenoxy) is 1. The van der Waals surface area contributed by atoms with Crippen molar-refractivity contribution < 1.29 is 9.53 Å². The zero-order valence-electron chi connectivity index (χ0n) is 10.8. The van der Waals surface area contributed by atoms with Gasteiger partial charge in [-0.15, -0.1) is 0 Å². The molecule has 5 heteroatoms. The number of hydrogen-bond acceptors (Lipinski definition) is 4. The summed E-state index contributed by atoms with van der Waals surface area (Å²) in [5.74, 6) is 1.16. The van der Waals surface area contributed by atoms with E-state index in [1.54, 1.807) is 13.3 Å². The van der Waals surface area contributed by atoms with E-state index >= 15 is 0 Å². The van der Waals surface area contributed by atoms with Crippen LogP contribution in [0.3, 0.4) is 0 Å². The monoisotopic (exact) mass is 249 g/mol. The minimum absolute atomic E-state index is 0.0775. The number of carbonyl (C=O) groups excluding carboxylic acids is 1. The van der Waals surface area contributed by atoms with Crippen molar-refractivity contribution in [3.8, 4) is 5.88 Å². The molecule has 1 aliphatic heterocycles. The molecule has 2 N–H and O–H groups in total. The van der Waals surface area contributed by atoms with Crippen LogP contribution in [0, 0.1) is 11.8 Å². The summed E-state index contributed by atoms with van der Waals surface area (Å²) in [7, 11) is 1.58. The van der Waals surface area contributed by atoms with Gasteiger partial charge in [0.05, 0.1) is 13.0 Å². The molecule has 0 bridgehead atoms. The average molecular weight is 249 g/mol. The smallest absolute Gasteiger partial charge is 0.224 e. The van der Waals surface area contributed by atoms with E-state index in [1.165, 1.54) is 0 Å². The molecule has 2 heterocycles. The molecule has 98 valence electrons. The van der Waals surface area contributed by atoms with Crippen molar-refractivity contribution in [3.05, 3.63) is 23.9 Å². The van der Waals surface area contributed by atoms with Gasteiger partial charge >= 0.3 is 0 Å². The summed E-state index contributed by atoms with van der Waals surface area (Å²) >= 11 is 0. The van der Waals surface area contributed by atoms with Crippen molar-refractivity contribution in [2.24, 2.45) is 11.8 Å². The second-order valence-electron chi connectivity index (χ2n) is 4.67. The highest BCUT2D eigenvalue weighted by Gasteiger charge is 2.29. The Balaban J connectivity index is 1.88. The largest absolute Gasteiger partial charge is 0.481 e. The van der Waals surface area contributed by atoms with Gasteiger partial charge in [-0.3, -0.25) is 4.79 Å². The second-order valence-corrected chi connectivity index (χ2v) is 4.67. The predicted octanol–water partition coefficient (Wildman–Crippen LogP) is 0.562. The first-order valence-electron chi connectivity index (χ1n) is 6.18. The summed E-state index contributed by atoms with van der Waals surface area (Å²) in [6, 6.07) is 3.70. The third-order valence-corrected chi connectivity index (χ3v) is 3.33. The van der Waals surface area contributed by atoms with E-state index < -0.39 is 0 Å². The van der Waals surface area contributed by atoms with Gasteiger partial charge in [0.15, 0.2) is 0 Å². The fourth-order valence-electron chi connectivity index (χ4n) is 2.15. The summed E-state index contributed by atoms with van der Waals surface area (Å²) in [6.07, 6.45) is 1.68. The Bertz CT molecular complexity index is 422. The standard InChI is InChI=1S/C13H19N3O2/c1-9-6-14-8-11(9)13(17)16-7-10-3-4-15-12(5-10)18-2/h3-5,9,11,14H,6-8H2,1-2H3,(H,16,17)/t9-,11-/m1/s1. The summed E-state index contributed by atoms with van der Waals surface area (Å²) in [5, 5.41) is 6.19. The number of pyridine rings is 1. The zero-order chi connectivity index (χ0) is 13.0. The normalized spacial score (nSPS) is 22.8. The Morgan fingerprint density at radius 1 is 1.61 bits per heavy atom. The first-order valence-corrected chi connectivity index (χ1v) is 6.18. The lowest BCUT2D eigenvalue weighted by atomic mass is 9.97. The van der Waals surface area contributed by atoms with Crippen LogP contribution in [0.15, 0.2) is 18.3 Å². The first kappa shape index (κ1) is 12.8. The van der Waals surface area contributed by atoms with Gasteiger partial charge in [0, 0.05) is 25.4 Å². The van der Waals surface area contributed by atoms with Gasteiger partial charge in [-0.25, -0.2) is 4.98 Å². The molecule has 0 unspecified atom stereocenters. The topological polar surface area (TPSA) is 63.2 Å². The average Bonchev–Trinajstić information content (AvgIpc) is 2.82. The van der Waals surface area contributed by atoms with Crippen LogP contribution < -0.4 is 15.4 Å². The summed E-state index contributed by atoms with van der Waals surface area (Å²) < 4.78 is 5.04. The molecular weight excluding hydrogens is 230 g/mol. The van der Waals surface area contributed by atoms with E-state index in [4.69, 9.17) is 4.74 Å². The minimum atomic E-state index is 0.0775. The molecule has 1 aliphatic rings. The highest BCUT2D eigenvalue weighted by molar-refractivity contribution is 5.79. The van der Waals surface area contributed by atoms with Gasteiger partial charge in [0.2, 0.25) is 11.8 Å². The van der Waals surface area contributed by atoms with Crippen LogP contribution in [-0.4, -0.2) is 31.1 Å². The van der Waals surface area contributed by atoms with E-state index in [0.29, 0.717) is 18.3 Å². The maximum atomic E-state index is 12.0. The quantitative estimate of drug-likeness (QED) is 0.818. The molecule has 5 nitrogen and oxygen atoms in total. The number of amides is 1. The molecule has 1 fully saturated rings. The van der Waals surface area contributed by atoms with E-state index in [9.17, 15) is 4.79 Å². The Hall–Kier alpha value is -1.62. The van der Waals surface area contributed by atoms with Gasteiger partial charge in [-0.05, 0) is 24.1 Å². The van der Waals surface area contributed by atoms with Gasteiger partial charge in [-0.1, -0.05) is 6.92 Å². The molecule has 1 saturated heterocycles. The van der Waals surface area contributed by atoms with Crippen molar-refractivity contribution in [2.45, 2.75) is 13.5 Å². The Labute approximate surface area is 107 Å². The predicted molar refractivity (Wildman–Crippen MR) is 68.2 cm³/mol. The molecular formula is C13H19N3O2. The second kappa shape index (κ2) is 5.82. The number of nitrogens with one attached hydrogen (secondary N) is 2. The van der Waals surface area contributed by atoms with Crippen molar-refractivity contribution in [3.63, 3.8) is 0 Å². The molecule has 2 atom stereocenters. The molecule has 0 saturated carbocycles. The third-order valence-electron chi connectivity index (χ3n) is 3.33. The maximum Gasteiger partial charge on any atom is 0.224 e. The molecule has 1 amide bonds. The number of nitrogens with zero attached hydrogens (tertiary/aromatic N) is 1. The fourth-order valence-corrected chi connectivity index (χ4v) is 2.15. The third kappa shape index (κ3) is 2.98. The summed E-state index contributed by atoms with van der Waals surface area (Å²) in [6.45, 7) is 4.30. The van der Waals surface area contributed by atoms with E-state index in [1.807, 2.05) is 12.1 Å². The van der Waals surface area contributed by atoms with Crippen LogP contribution in [0.5, 0.6) is 5.88 Å². The van der Waals surface area contributed by atoms with Gasteiger partial charge in [-0.2, -0.15) is 0 Å². The van der Waals surface area contributed by atoms with Gasteiger partial charge in [0.1, 0.15) is 0 Å². The molecule has 0 aliphatic carbocycles. The molecule has 1 aromatic rings. The highest BCUT2D eigenvalue weighted by atomic mass is 16.5. The van der Waals surface area contributed by atoms with Crippen molar-refractivity contribution in [1.29, 1.82) is 0 Å². The Morgan fingerprint density at radius 2 is 2.44 bits per heavy atom. The molecule has 0 spiro atoms. The SMILES string of the molecule is COc1cc(CNC(=O)[C@@H]2CNC[C@H]2C)ccn1. The number of methoxy groups -OCH3 is 1. The van der Waals surface area contributed by atoms with Crippen molar-refractivity contribution >= 4 is 5.91 Å². The van der Waals surface area contributed by atoms with Crippen LogP contribution in [0.25, 0.3) is 0 Å². The number of aromatic nitrogens is 1. The van der Waals surface area contributed by atoms with Crippen LogP contribution >= 0.6 is 0 Å². The van der Waals surface area contributed by atoms with Gasteiger partial charge < -0.3 is 15.4 Å². The van der Waals surface area contributed by atoms with Gasteiger partial charge in [0.25, 0.3) is 0 Å². The van der Waals surface area contributed by atoms with Crippen molar-refractivity contribution in [1.82, 2.24) is 15.6 Å². The molecule has 18 heavy (non-hydrogen) atoms. The highest BCUT2D eigenvalue weighted by Crippen LogP contribution is 2.16. The van der Waals surface area contributed by atoms with E-state index in [2.05, 4.69) is 22.5 Å². The lowest BCUT2D eigenvalue weighted by Gasteiger charge is -2.14. The Kier molecular flexibility index (Phi) is 4.15. The van der Waals surface area contributed by atoms with Crippen LogP contribution in [-0.2, 0) is 11.3 Å². The number of hydrogen-bond donors (Lipinski definition) is 2. The van der Waals surface area contributed by atoms with Crippen molar-refractivity contribution in [2.75, 3.05) is 20.2 Å². The van der Waals surface area contributed by atoms with E-state index in [-0.39, 0.29) is 11.8 Å². The number of carbonyl (C=O) groups is 1. The fraction of sp³-hybridized carbons (Fsp3) is 0.538. The maximum absolute atomic E-state index is 12.0. The lowest BCUT2D eigenvalue weighted by Crippen LogP contribution is -2.33. The summed E-state index contributed by atoms with van der Waals surface area (Å²) in [5.41, 5.74) is 0.994. The lowest BCUT2D eigenvalue weighted by molar-refractivity contribution is -0.125. The van der Waals surface area contributed by atoms with Crippen LogP contribution in [0.4, 0.5) is 0 Å². The minimum Gasteiger partial charge on any atom is -0.481 e. The van der Waals surface area contributed by atoms with Crippen LogP contribution in [0.1, 0.15) is 12.5 Å². The molecule has 2 rings (SSSR count).